The minimum absolute atomic E-state index is 0.253. The Labute approximate surface area is 181 Å². The monoisotopic (exact) mass is 436 g/mol. The highest BCUT2D eigenvalue weighted by Crippen LogP contribution is 2.41. The van der Waals surface area contributed by atoms with Gasteiger partial charge in [-0.15, -0.1) is 0 Å². The zero-order valence-electron chi connectivity index (χ0n) is 17.5. The molecule has 0 unspecified atom stereocenters. The van der Waals surface area contributed by atoms with Crippen molar-refractivity contribution in [3.8, 4) is 5.75 Å². The first-order valence-corrected chi connectivity index (χ1v) is 11.7. The molecule has 1 aliphatic heterocycles. The number of imidazole rings is 1. The molecule has 0 radical (unpaired) electrons. The van der Waals surface area contributed by atoms with Gasteiger partial charge in [-0.25, -0.2) is 17.4 Å². The minimum Gasteiger partial charge on any atom is -0.494 e. The Kier molecular flexibility index (Phi) is 4.83. The topological polar surface area (TPSA) is 76.5 Å². The number of hydrogen-bond donors (Lipinski definition) is 1. The molecule has 0 aliphatic carbocycles. The fourth-order valence-electron chi connectivity index (χ4n) is 4.40. The highest BCUT2D eigenvalue weighted by atomic mass is 32.2. The van der Waals surface area contributed by atoms with Crippen molar-refractivity contribution < 1.29 is 13.2 Å². The van der Waals surface area contributed by atoms with E-state index in [1.165, 1.54) is 3.97 Å². The van der Waals surface area contributed by atoms with E-state index >= 15 is 0 Å². The van der Waals surface area contributed by atoms with Crippen LogP contribution in [0.5, 0.6) is 5.75 Å². The number of nitrogens with one attached hydrogen (secondary N) is 1. The molecular formula is C23H24N4O3S. The van der Waals surface area contributed by atoms with Crippen molar-refractivity contribution >= 4 is 37.5 Å². The van der Waals surface area contributed by atoms with Gasteiger partial charge in [0.25, 0.3) is 10.0 Å². The molecule has 0 bridgehead atoms. The summed E-state index contributed by atoms with van der Waals surface area (Å²) >= 11 is 0. The standard InChI is InChI=1S/C23H24N4O3S/c1-16-25-19-9-5-6-10-20(19)27(16)31(28,29)22-15-21(26-13-11-24-12-14-26)23(30-2)18-8-4-3-7-17(18)22/h3-10,15,24H,11-14H2,1-2H3. The smallest absolute Gasteiger partial charge is 0.270 e. The third kappa shape index (κ3) is 3.14. The van der Waals surface area contributed by atoms with Crippen LogP contribution in [0.3, 0.4) is 0 Å². The van der Waals surface area contributed by atoms with Crippen molar-refractivity contribution in [2.45, 2.75) is 11.8 Å². The van der Waals surface area contributed by atoms with E-state index in [4.69, 9.17) is 4.74 Å². The van der Waals surface area contributed by atoms with Crippen LogP contribution in [0.4, 0.5) is 5.69 Å². The summed E-state index contributed by atoms with van der Waals surface area (Å²) in [4.78, 5) is 6.91. The van der Waals surface area contributed by atoms with E-state index in [1.807, 2.05) is 42.5 Å². The van der Waals surface area contributed by atoms with Crippen molar-refractivity contribution in [1.82, 2.24) is 14.3 Å². The highest BCUT2D eigenvalue weighted by Gasteiger charge is 2.28. The predicted octanol–water partition coefficient (Wildman–Crippen LogP) is 3.15. The van der Waals surface area contributed by atoms with E-state index < -0.39 is 10.0 Å². The molecule has 1 aliphatic rings. The van der Waals surface area contributed by atoms with Gasteiger partial charge in [-0.1, -0.05) is 36.4 Å². The van der Waals surface area contributed by atoms with Crippen LogP contribution in [0, 0.1) is 6.92 Å². The molecule has 2 heterocycles. The van der Waals surface area contributed by atoms with E-state index in [0.717, 1.165) is 37.3 Å². The maximum absolute atomic E-state index is 14.0. The predicted molar refractivity (Wildman–Crippen MR) is 123 cm³/mol. The molecule has 3 aromatic carbocycles. The number of aryl methyl sites for hydroxylation is 1. The Balaban J connectivity index is 1.82. The number of benzene rings is 3. The number of ether oxygens (including phenoxy) is 1. The van der Waals surface area contributed by atoms with E-state index in [9.17, 15) is 8.42 Å². The number of fused-ring (bicyclic) bond motifs is 2. The summed E-state index contributed by atoms with van der Waals surface area (Å²) in [5.74, 6) is 1.13. The fraction of sp³-hybridized carbons (Fsp3) is 0.261. The molecule has 4 aromatic rings. The van der Waals surface area contributed by atoms with Gasteiger partial charge in [0, 0.05) is 37.0 Å². The fourth-order valence-corrected chi connectivity index (χ4v) is 6.11. The average Bonchev–Trinajstić information content (AvgIpc) is 3.14. The lowest BCUT2D eigenvalue weighted by Crippen LogP contribution is -2.43. The van der Waals surface area contributed by atoms with Gasteiger partial charge < -0.3 is 15.0 Å². The lowest BCUT2D eigenvalue weighted by Gasteiger charge is -2.31. The highest BCUT2D eigenvalue weighted by molar-refractivity contribution is 7.90. The summed E-state index contributed by atoms with van der Waals surface area (Å²) in [7, 11) is -2.28. The molecule has 1 aromatic heterocycles. The summed E-state index contributed by atoms with van der Waals surface area (Å²) in [5, 5.41) is 4.75. The van der Waals surface area contributed by atoms with E-state index in [0.29, 0.717) is 28.0 Å². The van der Waals surface area contributed by atoms with Crippen LogP contribution in [-0.2, 0) is 10.0 Å². The maximum Gasteiger partial charge on any atom is 0.270 e. The Bertz CT molecular complexity index is 1390. The van der Waals surface area contributed by atoms with Gasteiger partial charge in [-0.3, -0.25) is 0 Å². The second-order valence-corrected chi connectivity index (χ2v) is 9.38. The third-order valence-corrected chi connectivity index (χ3v) is 7.63. The summed E-state index contributed by atoms with van der Waals surface area (Å²) in [6.07, 6.45) is 0. The molecule has 0 saturated carbocycles. The zero-order valence-corrected chi connectivity index (χ0v) is 18.3. The first kappa shape index (κ1) is 19.8. The van der Waals surface area contributed by atoms with Gasteiger partial charge in [-0.05, 0) is 25.1 Å². The normalized spacial score (nSPS) is 15.0. The third-order valence-electron chi connectivity index (χ3n) is 5.79. The van der Waals surface area contributed by atoms with Crippen molar-refractivity contribution in [1.29, 1.82) is 0 Å². The Morgan fingerprint density at radius 2 is 1.68 bits per heavy atom. The van der Waals surface area contributed by atoms with Crippen LogP contribution >= 0.6 is 0 Å². The van der Waals surface area contributed by atoms with Gasteiger partial charge in [-0.2, -0.15) is 0 Å². The van der Waals surface area contributed by atoms with Gasteiger partial charge >= 0.3 is 0 Å². The molecule has 31 heavy (non-hydrogen) atoms. The largest absolute Gasteiger partial charge is 0.494 e. The molecule has 1 fully saturated rings. The number of methoxy groups -OCH3 is 1. The Morgan fingerprint density at radius 3 is 2.42 bits per heavy atom. The van der Waals surface area contributed by atoms with Gasteiger partial charge in [0.1, 0.15) is 11.6 Å². The van der Waals surface area contributed by atoms with Crippen molar-refractivity contribution in [3.63, 3.8) is 0 Å². The van der Waals surface area contributed by atoms with Crippen LogP contribution in [0.1, 0.15) is 5.82 Å². The molecule has 5 rings (SSSR count). The van der Waals surface area contributed by atoms with Crippen LogP contribution in [0.25, 0.3) is 21.8 Å². The van der Waals surface area contributed by atoms with Crippen LogP contribution < -0.4 is 15.0 Å². The lowest BCUT2D eigenvalue weighted by molar-refractivity contribution is 0.417. The maximum atomic E-state index is 14.0. The van der Waals surface area contributed by atoms with Crippen LogP contribution in [-0.4, -0.2) is 50.7 Å². The molecule has 160 valence electrons. The molecule has 8 heteroatoms. The van der Waals surface area contributed by atoms with Crippen LogP contribution in [0.2, 0.25) is 0 Å². The second kappa shape index (κ2) is 7.55. The van der Waals surface area contributed by atoms with E-state index in [2.05, 4.69) is 15.2 Å². The first-order chi connectivity index (χ1) is 15.0. The van der Waals surface area contributed by atoms with E-state index in [1.54, 1.807) is 26.2 Å². The Morgan fingerprint density at radius 1 is 1.00 bits per heavy atom. The Hall–Kier alpha value is -3.10. The molecule has 1 saturated heterocycles. The zero-order chi connectivity index (χ0) is 21.6. The molecule has 0 amide bonds. The van der Waals surface area contributed by atoms with Gasteiger partial charge in [0.15, 0.2) is 0 Å². The summed E-state index contributed by atoms with van der Waals surface area (Å²) in [6.45, 7) is 4.95. The van der Waals surface area contributed by atoms with Crippen LogP contribution in [0.15, 0.2) is 59.5 Å². The van der Waals surface area contributed by atoms with Crippen molar-refractivity contribution in [2.24, 2.45) is 0 Å². The number of anilines is 1. The summed E-state index contributed by atoms with van der Waals surface area (Å²) in [6, 6.07) is 16.6. The molecule has 0 atom stereocenters. The summed E-state index contributed by atoms with van der Waals surface area (Å²) < 4.78 is 35.2. The number of aromatic nitrogens is 2. The number of para-hydroxylation sites is 2. The molecule has 1 N–H and O–H groups in total. The van der Waals surface area contributed by atoms with Gasteiger partial charge in [0.2, 0.25) is 0 Å². The van der Waals surface area contributed by atoms with E-state index in [-0.39, 0.29) is 4.90 Å². The lowest BCUT2D eigenvalue weighted by atomic mass is 10.1. The second-order valence-electron chi connectivity index (χ2n) is 7.63. The quantitative estimate of drug-likeness (QED) is 0.530. The summed E-state index contributed by atoms with van der Waals surface area (Å²) in [5.41, 5.74) is 2.02. The van der Waals surface area contributed by atoms with Crippen molar-refractivity contribution in [2.75, 3.05) is 38.2 Å². The average molecular weight is 437 g/mol. The molecule has 7 nitrogen and oxygen atoms in total. The van der Waals surface area contributed by atoms with Crippen molar-refractivity contribution in [3.05, 3.63) is 60.4 Å². The minimum atomic E-state index is -3.91. The number of rotatable bonds is 4. The van der Waals surface area contributed by atoms with Gasteiger partial charge in [0.05, 0.1) is 28.7 Å². The number of nitrogens with zero attached hydrogens (tertiary/aromatic N) is 3. The number of hydrogen-bond acceptors (Lipinski definition) is 6. The molecule has 0 spiro atoms. The number of piperazine rings is 1. The SMILES string of the molecule is COc1c(N2CCNCC2)cc(S(=O)(=O)n2c(C)nc3ccccc32)c2ccccc12. The molecular weight excluding hydrogens is 412 g/mol. The first-order valence-electron chi connectivity index (χ1n) is 10.3.